The molecule has 0 heterocycles. The van der Waals surface area contributed by atoms with E-state index in [0.717, 1.165) is 0 Å². The molecule has 0 aliphatic heterocycles. The molecule has 0 unspecified atom stereocenters. The van der Waals surface area contributed by atoms with Gasteiger partial charge >= 0.3 is 6.07 Å². The summed E-state index contributed by atoms with van der Waals surface area (Å²) < 4.78 is 9.30. The second-order valence-corrected chi connectivity index (χ2v) is 9.90. The summed E-state index contributed by atoms with van der Waals surface area (Å²) in [5, 5.41) is 0. The summed E-state index contributed by atoms with van der Waals surface area (Å²) in [5.74, 6) is 0. The third-order valence-corrected chi connectivity index (χ3v) is 3.30. The van der Waals surface area contributed by atoms with Crippen molar-refractivity contribution in [2.75, 3.05) is 0 Å². The standard InChI is InChI=1S/C12H14N2.C7H8.Cl2HO2P/c13-12(14)8-6-11(7-9-12)10-4-2-1-3-5-10;1-7-5-3-2-4-6-7;1-5(2,3)4/h1-8H,9,13-14H2;2-6H,1H3;(H,3,4). The maximum Gasteiger partial charge on any atom is 0.377 e. The quantitative estimate of drug-likeness (QED) is 0.443. The highest BCUT2D eigenvalue weighted by Gasteiger charge is 2.17. The lowest BCUT2D eigenvalue weighted by Crippen LogP contribution is -2.47. The number of allylic oxidation sites excluding steroid dienone is 2. The minimum Gasteiger partial charge on any atom is -0.322 e. The van der Waals surface area contributed by atoms with E-state index >= 15 is 0 Å². The van der Waals surface area contributed by atoms with E-state index in [2.05, 4.69) is 59.7 Å². The van der Waals surface area contributed by atoms with Gasteiger partial charge in [0, 0.05) is 6.42 Å². The molecule has 7 heteroatoms. The molecule has 1 aliphatic carbocycles. The second-order valence-electron chi connectivity index (χ2n) is 5.76. The van der Waals surface area contributed by atoms with Crippen LogP contribution in [0.3, 0.4) is 0 Å². The highest BCUT2D eigenvalue weighted by atomic mass is 35.9. The fourth-order valence-electron chi connectivity index (χ4n) is 2.05. The van der Waals surface area contributed by atoms with Crippen LogP contribution in [0.5, 0.6) is 0 Å². The number of benzene rings is 2. The lowest BCUT2D eigenvalue weighted by atomic mass is 9.94. The van der Waals surface area contributed by atoms with E-state index in [-0.39, 0.29) is 0 Å². The summed E-state index contributed by atoms with van der Waals surface area (Å²) in [7, 11) is 0. The van der Waals surface area contributed by atoms with Crippen LogP contribution in [0.25, 0.3) is 5.57 Å². The molecular weight excluding hydrogens is 390 g/mol. The van der Waals surface area contributed by atoms with Crippen LogP contribution in [0.2, 0.25) is 0 Å². The predicted octanol–water partition coefficient (Wildman–Crippen LogP) is 5.20. The van der Waals surface area contributed by atoms with Crippen molar-refractivity contribution in [1.29, 1.82) is 0 Å². The predicted molar refractivity (Wildman–Crippen MR) is 112 cm³/mol. The van der Waals surface area contributed by atoms with Crippen molar-refractivity contribution in [1.82, 2.24) is 0 Å². The maximum atomic E-state index is 9.30. The molecule has 0 bridgehead atoms. The zero-order valence-electron chi connectivity index (χ0n) is 14.4. The minimum absolute atomic E-state index is 0.668. The molecule has 0 atom stereocenters. The summed E-state index contributed by atoms with van der Waals surface area (Å²) in [6, 6.07) is 20.5. The Bertz CT molecular complexity index is 764. The van der Waals surface area contributed by atoms with Gasteiger partial charge in [0.15, 0.2) is 0 Å². The third kappa shape index (κ3) is 11.3. The molecule has 140 valence electrons. The molecule has 0 fully saturated rings. The van der Waals surface area contributed by atoms with Crippen LogP contribution >= 0.6 is 28.6 Å². The van der Waals surface area contributed by atoms with Gasteiger partial charge in [-0.05, 0) is 46.6 Å². The molecule has 2 aromatic rings. The fourth-order valence-corrected chi connectivity index (χ4v) is 2.05. The Labute approximate surface area is 164 Å². The van der Waals surface area contributed by atoms with Gasteiger partial charge in [-0.3, -0.25) is 4.57 Å². The first-order valence-electron chi connectivity index (χ1n) is 7.83. The monoisotopic (exact) mass is 412 g/mol. The molecule has 1 aliphatic rings. The first-order valence-corrected chi connectivity index (χ1v) is 11.3. The summed E-state index contributed by atoms with van der Waals surface area (Å²) >= 11 is 8.81. The van der Waals surface area contributed by atoms with Crippen LogP contribution in [0, 0.1) is 6.92 Å². The van der Waals surface area contributed by atoms with Gasteiger partial charge in [-0.1, -0.05) is 78.4 Å². The number of aryl methyl sites for hydroxylation is 1. The molecule has 3 rings (SSSR count). The average Bonchev–Trinajstić information content (AvgIpc) is 2.55. The van der Waals surface area contributed by atoms with Gasteiger partial charge in [0.25, 0.3) is 0 Å². The largest absolute Gasteiger partial charge is 0.377 e. The van der Waals surface area contributed by atoms with E-state index in [4.69, 9.17) is 16.4 Å². The van der Waals surface area contributed by atoms with Crippen molar-refractivity contribution in [3.63, 3.8) is 0 Å². The molecule has 0 aromatic heterocycles. The van der Waals surface area contributed by atoms with Gasteiger partial charge in [0.05, 0.1) is 5.66 Å². The summed E-state index contributed by atoms with van der Waals surface area (Å²) in [6.07, 6.45) is 2.91. The van der Waals surface area contributed by atoms with E-state index in [1.807, 2.05) is 48.6 Å². The van der Waals surface area contributed by atoms with Crippen LogP contribution in [0.4, 0.5) is 0 Å². The molecule has 0 saturated carbocycles. The van der Waals surface area contributed by atoms with Crippen LogP contribution in [0.15, 0.2) is 78.9 Å². The molecule has 4 nitrogen and oxygen atoms in total. The van der Waals surface area contributed by atoms with Gasteiger partial charge in [-0.2, -0.15) is 0 Å². The van der Waals surface area contributed by atoms with E-state index in [1.54, 1.807) is 0 Å². The number of hydrogen-bond donors (Lipinski definition) is 3. The average molecular weight is 413 g/mol. The van der Waals surface area contributed by atoms with E-state index in [9.17, 15) is 4.57 Å². The lowest BCUT2D eigenvalue weighted by Gasteiger charge is -2.22. The molecule has 0 spiro atoms. The Morgan fingerprint density at radius 3 is 1.81 bits per heavy atom. The second kappa shape index (κ2) is 10.7. The smallest absolute Gasteiger partial charge is 0.322 e. The molecule has 0 radical (unpaired) electrons. The zero-order chi connectivity index (χ0) is 19.6. The highest BCUT2D eigenvalue weighted by Crippen LogP contribution is 2.51. The topological polar surface area (TPSA) is 89.3 Å². The number of rotatable bonds is 1. The molecule has 2 aromatic carbocycles. The van der Waals surface area contributed by atoms with Crippen molar-refractivity contribution < 1.29 is 9.46 Å². The van der Waals surface area contributed by atoms with Crippen molar-refractivity contribution in [2.45, 2.75) is 19.0 Å². The minimum atomic E-state index is -3.69. The van der Waals surface area contributed by atoms with Gasteiger partial charge in [0.1, 0.15) is 0 Å². The van der Waals surface area contributed by atoms with Crippen molar-refractivity contribution in [3.05, 3.63) is 90.0 Å². The van der Waals surface area contributed by atoms with Crippen molar-refractivity contribution in [3.8, 4) is 0 Å². The van der Waals surface area contributed by atoms with Crippen LogP contribution < -0.4 is 11.5 Å². The normalized spacial score (nSPS) is 14.9. The van der Waals surface area contributed by atoms with Crippen LogP contribution in [-0.2, 0) is 4.57 Å². The maximum absolute atomic E-state index is 9.30. The van der Waals surface area contributed by atoms with Crippen LogP contribution in [-0.4, -0.2) is 10.6 Å². The fraction of sp³-hybridized carbons (Fsp3) is 0.158. The van der Waals surface area contributed by atoms with Crippen molar-refractivity contribution in [2.24, 2.45) is 11.5 Å². The lowest BCUT2D eigenvalue weighted by molar-refractivity contribution is 0.512. The molecule has 26 heavy (non-hydrogen) atoms. The molecule has 0 saturated heterocycles. The molecule has 0 amide bonds. The Kier molecular flexibility index (Phi) is 9.31. The van der Waals surface area contributed by atoms with Crippen molar-refractivity contribution >= 4 is 34.1 Å². The number of nitrogens with two attached hydrogens (primary N) is 2. The van der Waals surface area contributed by atoms with E-state index < -0.39 is 11.7 Å². The Balaban J connectivity index is 0.000000235. The molecular formula is C19H23Cl2N2O2P. The number of halogens is 2. The zero-order valence-corrected chi connectivity index (χ0v) is 16.8. The van der Waals surface area contributed by atoms with Gasteiger partial charge in [-0.15, -0.1) is 0 Å². The Morgan fingerprint density at radius 1 is 1.00 bits per heavy atom. The Morgan fingerprint density at radius 2 is 1.46 bits per heavy atom. The summed E-state index contributed by atoms with van der Waals surface area (Å²) in [4.78, 5) is 7.61. The van der Waals surface area contributed by atoms with Gasteiger partial charge in [0.2, 0.25) is 0 Å². The van der Waals surface area contributed by atoms with E-state index in [1.165, 1.54) is 16.7 Å². The number of hydrogen-bond acceptors (Lipinski definition) is 3. The SMILES string of the molecule is Cc1ccccc1.NC1(N)C=CC(c2ccccc2)=CC1.O=P(O)(Cl)Cl. The Hall–Kier alpha value is -1.39. The van der Waals surface area contributed by atoms with E-state index in [0.29, 0.717) is 6.42 Å². The first-order chi connectivity index (χ1) is 12.1. The third-order valence-electron chi connectivity index (χ3n) is 3.30. The van der Waals surface area contributed by atoms with Crippen LogP contribution in [0.1, 0.15) is 17.5 Å². The molecule has 5 N–H and O–H groups in total. The summed E-state index contributed by atoms with van der Waals surface area (Å²) in [5.41, 5.74) is 14.6. The van der Waals surface area contributed by atoms with Gasteiger partial charge < -0.3 is 16.4 Å². The summed E-state index contributed by atoms with van der Waals surface area (Å²) in [6.45, 7) is 2.08. The van der Waals surface area contributed by atoms with Gasteiger partial charge in [-0.25, -0.2) is 0 Å². The first kappa shape index (κ1) is 22.7. The highest BCUT2D eigenvalue weighted by molar-refractivity contribution is 8.04.